The molecule has 26 heavy (non-hydrogen) atoms. The molecule has 3 aromatic rings. The monoisotopic (exact) mass is 361 g/mol. The lowest BCUT2D eigenvalue weighted by molar-refractivity contribution is -0.116. The largest absolute Gasteiger partial charge is 0.345 e. The molecule has 0 aliphatic heterocycles. The first kappa shape index (κ1) is 18.0. The molecule has 0 saturated carbocycles. The fourth-order valence-corrected chi connectivity index (χ4v) is 2.94. The summed E-state index contributed by atoms with van der Waals surface area (Å²) in [4.78, 5) is 13.0. The SMILES string of the molecule is C[C@@H](NC(=O)C(=Cc1ccccc1Cl)c1ccccc1)c1ccccc1. The summed E-state index contributed by atoms with van der Waals surface area (Å²) in [6.45, 7) is 1.98. The lowest BCUT2D eigenvalue weighted by Crippen LogP contribution is -2.27. The molecule has 0 unspecified atom stereocenters. The second-order valence-electron chi connectivity index (χ2n) is 6.05. The molecule has 0 bridgehead atoms. The molecule has 3 aromatic carbocycles. The zero-order chi connectivity index (χ0) is 18.4. The van der Waals surface area contributed by atoms with Gasteiger partial charge in [0.25, 0.3) is 5.91 Å². The van der Waals surface area contributed by atoms with Crippen LogP contribution in [0.25, 0.3) is 11.6 Å². The van der Waals surface area contributed by atoms with Crippen LogP contribution in [0.5, 0.6) is 0 Å². The summed E-state index contributed by atoms with van der Waals surface area (Å²) in [5.41, 5.74) is 3.31. The topological polar surface area (TPSA) is 29.1 Å². The third kappa shape index (κ3) is 4.41. The van der Waals surface area contributed by atoms with Gasteiger partial charge in [-0.25, -0.2) is 0 Å². The first-order valence-corrected chi connectivity index (χ1v) is 8.90. The number of amides is 1. The van der Waals surface area contributed by atoms with Crippen molar-refractivity contribution in [3.63, 3.8) is 0 Å². The highest BCUT2D eigenvalue weighted by Crippen LogP contribution is 2.24. The van der Waals surface area contributed by atoms with E-state index in [4.69, 9.17) is 11.6 Å². The van der Waals surface area contributed by atoms with E-state index >= 15 is 0 Å². The van der Waals surface area contributed by atoms with Crippen LogP contribution in [-0.4, -0.2) is 5.91 Å². The molecule has 1 atom stereocenters. The Morgan fingerprint density at radius 1 is 0.885 bits per heavy atom. The predicted molar refractivity (Wildman–Crippen MR) is 109 cm³/mol. The van der Waals surface area contributed by atoms with Gasteiger partial charge in [-0.05, 0) is 35.8 Å². The van der Waals surface area contributed by atoms with Crippen LogP contribution < -0.4 is 5.32 Å². The Kier molecular flexibility index (Phi) is 5.88. The number of carbonyl (C=O) groups is 1. The molecule has 1 N–H and O–H groups in total. The fraction of sp³-hybridized carbons (Fsp3) is 0.0870. The van der Waals surface area contributed by atoms with Crippen LogP contribution in [0.4, 0.5) is 0 Å². The normalized spacial score (nSPS) is 12.5. The lowest BCUT2D eigenvalue weighted by Gasteiger charge is -2.16. The van der Waals surface area contributed by atoms with E-state index in [1.54, 1.807) is 0 Å². The third-order valence-corrected chi connectivity index (χ3v) is 4.53. The van der Waals surface area contributed by atoms with Crippen LogP contribution in [0, 0.1) is 0 Å². The summed E-state index contributed by atoms with van der Waals surface area (Å²) in [6, 6.07) is 26.9. The van der Waals surface area contributed by atoms with Crippen molar-refractivity contribution in [3.8, 4) is 0 Å². The number of halogens is 1. The Bertz CT molecular complexity index is 904. The number of carbonyl (C=O) groups excluding carboxylic acids is 1. The second kappa shape index (κ2) is 8.50. The van der Waals surface area contributed by atoms with E-state index in [2.05, 4.69) is 5.32 Å². The van der Waals surface area contributed by atoms with E-state index in [1.165, 1.54) is 0 Å². The van der Waals surface area contributed by atoms with Gasteiger partial charge in [-0.15, -0.1) is 0 Å². The number of rotatable bonds is 5. The van der Waals surface area contributed by atoms with Crippen molar-refractivity contribution < 1.29 is 4.79 Å². The van der Waals surface area contributed by atoms with Crippen LogP contribution in [0.3, 0.4) is 0 Å². The van der Waals surface area contributed by atoms with E-state index in [1.807, 2.05) is 97.9 Å². The lowest BCUT2D eigenvalue weighted by atomic mass is 10.0. The van der Waals surface area contributed by atoms with Crippen LogP contribution in [0.2, 0.25) is 5.02 Å². The molecular formula is C23H20ClNO. The van der Waals surface area contributed by atoms with Gasteiger partial charge in [-0.2, -0.15) is 0 Å². The molecule has 0 aliphatic carbocycles. The number of hydrogen-bond donors (Lipinski definition) is 1. The first-order chi connectivity index (χ1) is 12.6. The molecule has 0 spiro atoms. The highest BCUT2D eigenvalue weighted by atomic mass is 35.5. The Morgan fingerprint density at radius 3 is 2.12 bits per heavy atom. The van der Waals surface area contributed by atoms with Crippen LogP contribution in [0.1, 0.15) is 29.7 Å². The van der Waals surface area contributed by atoms with Crippen LogP contribution >= 0.6 is 11.6 Å². The molecule has 0 heterocycles. The minimum absolute atomic E-state index is 0.0953. The average Bonchev–Trinajstić information content (AvgIpc) is 2.68. The Hall–Kier alpha value is -2.84. The van der Waals surface area contributed by atoms with Crippen molar-refractivity contribution in [1.82, 2.24) is 5.32 Å². The average molecular weight is 362 g/mol. The van der Waals surface area contributed by atoms with Gasteiger partial charge in [0.05, 0.1) is 6.04 Å². The summed E-state index contributed by atoms with van der Waals surface area (Å²) in [6.07, 6.45) is 1.84. The smallest absolute Gasteiger partial charge is 0.252 e. The van der Waals surface area contributed by atoms with Crippen molar-refractivity contribution in [2.45, 2.75) is 13.0 Å². The van der Waals surface area contributed by atoms with E-state index in [0.717, 1.165) is 16.7 Å². The van der Waals surface area contributed by atoms with Gasteiger partial charge in [-0.1, -0.05) is 90.5 Å². The summed E-state index contributed by atoms with van der Waals surface area (Å²) in [5.74, 6) is -0.132. The second-order valence-corrected chi connectivity index (χ2v) is 6.46. The highest BCUT2D eigenvalue weighted by molar-refractivity contribution is 6.33. The molecule has 0 fully saturated rings. The van der Waals surface area contributed by atoms with E-state index in [0.29, 0.717) is 10.6 Å². The maximum Gasteiger partial charge on any atom is 0.252 e. The summed E-state index contributed by atoms with van der Waals surface area (Å²) in [7, 11) is 0. The van der Waals surface area contributed by atoms with Gasteiger partial charge in [0, 0.05) is 10.6 Å². The molecular weight excluding hydrogens is 342 g/mol. The van der Waals surface area contributed by atoms with Crippen molar-refractivity contribution >= 4 is 29.2 Å². The number of nitrogens with one attached hydrogen (secondary N) is 1. The molecule has 130 valence electrons. The maximum atomic E-state index is 13.0. The molecule has 0 radical (unpaired) electrons. The summed E-state index contributed by atoms with van der Waals surface area (Å²) >= 11 is 6.29. The van der Waals surface area contributed by atoms with Gasteiger partial charge in [0.2, 0.25) is 0 Å². The van der Waals surface area contributed by atoms with Crippen molar-refractivity contribution in [2.24, 2.45) is 0 Å². The first-order valence-electron chi connectivity index (χ1n) is 8.52. The molecule has 0 aromatic heterocycles. The molecule has 0 aliphatic rings. The van der Waals surface area contributed by atoms with E-state index in [-0.39, 0.29) is 11.9 Å². The van der Waals surface area contributed by atoms with E-state index in [9.17, 15) is 4.79 Å². The van der Waals surface area contributed by atoms with Gasteiger partial charge >= 0.3 is 0 Å². The molecule has 1 amide bonds. The molecule has 0 saturated heterocycles. The molecule has 2 nitrogen and oxygen atoms in total. The quantitative estimate of drug-likeness (QED) is 0.454. The Labute approximate surface area is 159 Å². The Morgan fingerprint density at radius 2 is 1.46 bits per heavy atom. The minimum Gasteiger partial charge on any atom is -0.345 e. The van der Waals surface area contributed by atoms with E-state index < -0.39 is 0 Å². The third-order valence-electron chi connectivity index (χ3n) is 4.18. The van der Waals surface area contributed by atoms with Gasteiger partial charge < -0.3 is 5.32 Å². The zero-order valence-electron chi connectivity index (χ0n) is 14.5. The van der Waals surface area contributed by atoms with Gasteiger partial charge in [0.15, 0.2) is 0 Å². The number of hydrogen-bond acceptors (Lipinski definition) is 1. The fourth-order valence-electron chi connectivity index (χ4n) is 2.74. The van der Waals surface area contributed by atoms with Gasteiger partial charge in [-0.3, -0.25) is 4.79 Å². The maximum absolute atomic E-state index is 13.0. The molecule has 3 rings (SSSR count). The Balaban J connectivity index is 1.93. The zero-order valence-corrected chi connectivity index (χ0v) is 15.3. The highest BCUT2D eigenvalue weighted by Gasteiger charge is 2.16. The summed E-state index contributed by atoms with van der Waals surface area (Å²) in [5, 5.41) is 3.70. The standard InChI is InChI=1S/C23H20ClNO/c1-17(18-10-4-2-5-11-18)25-23(26)21(19-12-6-3-7-13-19)16-20-14-8-9-15-22(20)24/h2-17H,1H3,(H,25,26)/t17-/m1/s1. The summed E-state index contributed by atoms with van der Waals surface area (Å²) < 4.78 is 0. The van der Waals surface area contributed by atoms with Crippen molar-refractivity contribution in [1.29, 1.82) is 0 Å². The van der Waals surface area contributed by atoms with Crippen LogP contribution in [0.15, 0.2) is 84.9 Å². The molecule has 3 heteroatoms. The van der Waals surface area contributed by atoms with Gasteiger partial charge in [0.1, 0.15) is 0 Å². The van der Waals surface area contributed by atoms with Crippen molar-refractivity contribution in [3.05, 3.63) is 107 Å². The predicted octanol–water partition coefficient (Wildman–Crippen LogP) is 5.76. The van der Waals surface area contributed by atoms with Crippen molar-refractivity contribution in [2.75, 3.05) is 0 Å². The number of benzene rings is 3. The minimum atomic E-state index is -0.132. The van der Waals surface area contributed by atoms with Crippen LogP contribution in [-0.2, 0) is 4.79 Å².